The van der Waals surface area contributed by atoms with Crippen molar-refractivity contribution >= 4 is 11.9 Å². The Morgan fingerprint density at radius 1 is 0.493 bits per heavy atom. The van der Waals surface area contributed by atoms with Crippen molar-refractivity contribution in [1.29, 1.82) is 0 Å². The molecule has 6 aromatic carbocycles. The number of ether oxygens (including phenoxy) is 5. The summed E-state index contributed by atoms with van der Waals surface area (Å²) in [6, 6.07) is 25.4. The minimum Gasteiger partial charge on any atom is -0.497 e. The molecule has 0 heterocycles. The van der Waals surface area contributed by atoms with E-state index in [0.717, 1.165) is 92.8 Å². The van der Waals surface area contributed by atoms with Gasteiger partial charge < -0.3 is 59.6 Å². The van der Waals surface area contributed by atoms with Crippen LogP contribution in [0.4, 0.5) is 0 Å². The van der Waals surface area contributed by atoms with E-state index in [2.05, 4.69) is 49.5 Å². The molecule has 0 fully saturated rings. The largest absolute Gasteiger partial charge is 0.497 e. The highest BCUT2D eigenvalue weighted by Crippen LogP contribution is 2.47. The van der Waals surface area contributed by atoms with Gasteiger partial charge in [-0.15, -0.1) is 0 Å². The zero-order chi connectivity index (χ0) is 54.1. The van der Waals surface area contributed by atoms with Crippen LogP contribution in [0.2, 0.25) is 0 Å². The molecule has 3 atom stereocenters. The summed E-state index contributed by atoms with van der Waals surface area (Å²) in [4.78, 5) is 23.9. The molecule has 6 aromatic rings. The van der Waals surface area contributed by atoms with Crippen LogP contribution < -0.4 is 24.3 Å². The monoisotopic (exact) mass is 1030 g/mol. The summed E-state index contributed by atoms with van der Waals surface area (Å²) >= 11 is 0. The van der Waals surface area contributed by atoms with E-state index in [-0.39, 0.29) is 51.6 Å². The van der Waals surface area contributed by atoms with Crippen molar-refractivity contribution in [2.24, 2.45) is 0 Å². The number of aliphatic hydroxyl groups excluding tert-OH is 6. The predicted molar refractivity (Wildman–Crippen MR) is 287 cm³/mol. The number of hydrogen-bond acceptors (Lipinski definition) is 13. The summed E-state index contributed by atoms with van der Waals surface area (Å²) in [5, 5.41) is 61.5. The van der Waals surface area contributed by atoms with E-state index in [1.54, 1.807) is 33.5 Å². The molecular formula is C61H71NO13. The average molecular weight is 1030 g/mol. The number of carbonyl (C=O) groups is 2. The van der Waals surface area contributed by atoms with Gasteiger partial charge in [0.1, 0.15) is 23.0 Å². The Morgan fingerprint density at radius 3 is 1.37 bits per heavy atom. The fourth-order valence-electron chi connectivity index (χ4n) is 11.3. The number of fused-ring (bicyclic) bond motifs is 9. The third-order valence-corrected chi connectivity index (χ3v) is 15.1. The van der Waals surface area contributed by atoms with Crippen LogP contribution in [0.5, 0.6) is 23.0 Å². The molecule has 0 bridgehead atoms. The van der Waals surface area contributed by atoms with Crippen molar-refractivity contribution in [2.75, 3.05) is 35.5 Å². The normalized spacial score (nSPS) is 15.8. The summed E-state index contributed by atoms with van der Waals surface area (Å²) < 4.78 is 27.1. The summed E-state index contributed by atoms with van der Waals surface area (Å²) in [6.07, 6.45) is 4.99. The van der Waals surface area contributed by atoms with Crippen LogP contribution in [0.3, 0.4) is 0 Å². The molecule has 3 aliphatic rings. The molecule has 0 saturated carbocycles. The Bertz CT molecular complexity index is 3040. The molecule has 398 valence electrons. The van der Waals surface area contributed by atoms with Crippen LogP contribution in [-0.4, -0.2) is 78.1 Å². The van der Waals surface area contributed by atoms with E-state index in [9.17, 15) is 40.2 Å². The maximum atomic E-state index is 12.1. The lowest BCUT2D eigenvalue weighted by Gasteiger charge is -2.20. The van der Waals surface area contributed by atoms with Crippen molar-refractivity contribution in [1.82, 2.24) is 5.32 Å². The van der Waals surface area contributed by atoms with Gasteiger partial charge in [0, 0.05) is 40.3 Å². The Labute approximate surface area is 439 Å². The second-order valence-corrected chi connectivity index (χ2v) is 19.2. The number of methoxy groups -OCH3 is 5. The molecule has 1 amide bonds. The minimum absolute atomic E-state index is 0.0999. The zero-order valence-electron chi connectivity index (χ0n) is 44.3. The highest BCUT2D eigenvalue weighted by atomic mass is 16.5. The van der Waals surface area contributed by atoms with E-state index < -0.39 is 5.97 Å². The molecule has 14 heteroatoms. The molecule has 0 aliphatic heterocycles. The summed E-state index contributed by atoms with van der Waals surface area (Å²) in [6.45, 7) is 4.93. The molecule has 75 heavy (non-hydrogen) atoms. The maximum absolute atomic E-state index is 12.1. The van der Waals surface area contributed by atoms with Crippen LogP contribution in [0, 0.1) is 0 Å². The van der Waals surface area contributed by atoms with Gasteiger partial charge in [0.2, 0.25) is 5.91 Å². The molecule has 0 radical (unpaired) electrons. The average Bonchev–Trinajstić information content (AvgIpc) is 3.76. The van der Waals surface area contributed by atoms with E-state index >= 15 is 0 Å². The quantitative estimate of drug-likeness (QED) is 0.0571. The van der Waals surface area contributed by atoms with Gasteiger partial charge in [-0.3, -0.25) is 4.79 Å². The van der Waals surface area contributed by atoms with Crippen molar-refractivity contribution in [2.45, 2.75) is 117 Å². The van der Waals surface area contributed by atoms with Gasteiger partial charge in [0.15, 0.2) is 0 Å². The van der Waals surface area contributed by atoms with E-state index in [0.29, 0.717) is 69.6 Å². The first-order valence-corrected chi connectivity index (χ1v) is 25.4. The number of aliphatic hydroxyl groups is 6. The Kier molecular flexibility index (Phi) is 18.8. The second-order valence-electron chi connectivity index (χ2n) is 19.2. The molecule has 9 rings (SSSR count). The van der Waals surface area contributed by atoms with Gasteiger partial charge in [-0.05, 0) is 160 Å². The fourth-order valence-corrected chi connectivity index (χ4v) is 11.3. The Morgan fingerprint density at radius 2 is 0.933 bits per heavy atom. The third kappa shape index (κ3) is 11.3. The number of hydrogen-bond donors (Lipinski definition) is 7. The molecule has 0 unspecified atom stereocenters. The van der Waals surface area contributed by atoms with Crippen LogP contribution >= 0.6 is 0 Å². The van der Waals surface area contributed by atoms with Gasteiger partial charge in [0.05, 0.1) is 86.8 Å². The Balaban J connectivity index is 0.000000166. The first kappa shape index (κ1) is 56.0. The van der Waals surface area contributed by atoms with E-state index in [4.69, 9.17) is 23.7 Å². The third-order valence-electron chi connectivity index (χ3n) is 15.1. The number of esters is 1. The molecule has 0 spiro atoms. The summed E-state index contributed by atoms with van der Waals surface area (Å²) in [5.74, 6) is 3.07. The van der Waals surface area contributed by atoms with Crippen LogP contribution in [0.25, 0.3) is 33.4 Å². The lowest BCUT2D eigenvalue weighted by atomic mass is 9.90. The smallest absolute Gasteiger partial charge is 0.337 e. The van der Waals surface area contributed by atoms with Crippen LogP contribution in [0.1, 0.15) is 135 Å². The number of benzene rings is 6. The highest BCUT2D eigenvalue weighted by Gasteiger charge is 2.30. The molecule has 7 N–H and O–H groups in total. The highest BCUT2D eigenvalue weighted by molar-refractivity contribution is 5.91. The van der Waals surface area contributed by atoms with Crippen molar-refractivity contribution in [3.8, 4) is 56.4 Å². The topological polar surface area (TPSA) is 214 Å². The van der Waals surface area contributed by atoms with Crippen LogP contribution in [-0.2, 0) is 68.4 Å². The zero-order valence-corrected chi connectivity index (χ0v) is 44.3. The number of carbonyl (C=O) groups excluding carboxylic acids is 2. The molecule has 0 saturated heterocycles. The SMILES string of the molecule is COC(=O)c1ccc2c(c1)[C@@H](NC(C)=O)CCc1c-2cc(CO)c(CO)c1OC.COc1c(CO)c(CO)cc2c1CC[C@H](C)c1ccccc1-2.COc1ccc2c(c1)[C@@H](C)CCc1c-2cc(CO)c(CO)c1OC. The first-order valence-electron chi connectivity index (χ1n) is 25.4. The van der Waals surface area contributed by atoms with Crippen molar-refractivity contribution < 1.29 is 63.9 Å². The van der Waals surface area contributed by atoms with Crippen molar-refractivity contribution in [3.63, 3.8) is 0 Å². The standard InChI is InChI=1S/C22H25NO6.C20H24O4.C19H22O3/c1-12(26)23-20-7-6-16-17(9-14(10-24)19(11-25)21(16)28-2)15-5-4-13(8-18(15)20)22(27)29-3;1-12-4-6-16-18(15-7-5-14(23-2)9-17(12)15)8-13(10-21)19(11-22)20(16)24-3;1-12-7-8-16-17(15-6-4-3-5-14(12)15)9-13(10-20)18(11-21)19(16)22-2/h4-5,8-9,20,24-25H,6-7,10-11H2,1-3H3,(H,23,26);5,7-9,12,21-22H,4,6,10-11H2,1-3H3;3-6,9,12,20-21H,7-8,10-11H2,1-2H3/t20-;2*12-/m000/s1. The second kappa shape index (κ2) is 25.2. The molecule has 3 aliphatic carbocycles. The predicted octanol–water partition coefficient (Wildman–Crippen LogP) is 9.06. The first-order chi connectivity index (χ1) is 36.3. The van der Waals surface area contributed by atoms with Gasteiger partial charge in [-0.1, -0.05) is 50.2 Å². The summed E-state index contributed by atoms with van der Waals surface area (Å²) in [7, 11) is 7.80. The van der Waals surface area contributed by atoms with Gasteiger partial charge in [-0.2, -0.15) is 0 Å². The molecular weight excluding hydrogens is 955 g/mol. The summed E-state index contributed by atoms with van der Waals surface area (Å²) in [5.41, 5.74) is 17.1. The van der Waals surface area contributed by atoms with Gasteiger partial charge >= 0.3 is 5.97 Å². The van der Waals surface area contributed by atoms with E-state index in [1.807, 2.05) is 36.4 Å². The number of amides is 1. The fraction of sp³-hybridized carbons (Fsp3) is 0.377. The molecule has 14 nitrogen and oxygen atoms in total. The Hall–Kier alpha value is -6.78. The lowest BCUT2D eigenvalue weighted by molar-refractivity contribution is -0.119. The minimum atomic E-state index is -0.455. The van der Waals surface area contributed by atoms with Gasteiger partial charge in [0.25, 0.3) is 0 Å². The van der Waals surface area contributed by atoms with Crippen molar-refractivity contribution in [3.05, 3.63) is 151 Å². The maximum Gasteiger partial charge on any atom is 0.337 e. The number of nitrogens with one attached hydrogen (secondary N) is 1. The number of rotatable bonds is 12. The van der Waals surface area contributed by atoms with E-state index in [1.165, 1.54) is 37.8 Å². The van der Waals surface area contributed by atoms with Crippen LogP contribution in [0.15, 0.2) is 78.9 Å². The van der Waals surface area contributed by atoms with Gasteiger partial charge in [-0.25, -0.2) is 4.79 Å². The molecule has 0 aromatic heterocycles. The lowest BCUT2D eigenvalue weighted by Crippen LogP contribution is -2.26.